The zero-order valence-corrected chi connectivity index (χ0v) is 8.49. The number of nitrogens with zero attached hydrogens (tertiary/aromatic N) is 1. The summed E-state index contributed by atoms with van der Waals surface area (Å²) in [6.07, 6.45) is 0.800. The molecule has 3 atom stereocenters. The van der Waals surface area contributed by atoms with E-state index in [0.717, 1.165) is 13.0 Å². The monoisotopic (exact) mass is 186 g/mol. The third-order valence-electron chi connectivity index (χ3n) is 3.01. The first-order valence-electron chi connectivity index (χ1n) is 4.61. The van der Waals surface area contributed by atoms with Gasteiger partial charge in [0.2, 0.25) is 0 Å². The predicted octanol–water partition coefficient (Wildman–Crippen LogP) is -0.173. The van der Waals surface area contributed by atoms with E-state index in [1.54, 1.807) is 0 Å². The fourth-order valence-corrected chi connectivity index (χ4v) is 1.80. The summed E-state index contributed by atoms with van der Waals surface area (Å²) in [6, 6.07) is 0.143. The Bertz CT molecular complexity index is 196. The van der Waals surface area contributed by atoms with E-state index in [2.05, 4.69) is 4.90 Å². The molecule has 0 aromatic rings. The molecular weight excluding hydrogens is 168 g/mol. The number of carbonyl (C=O) groups excluding carboxylic acids is 1. The average Bonchev–Trinajstić information content (AvgIpc) is 2.13. The lowest BCUT2D eigenvalue weighted by Gasteiger charge is -2.38. The van der Waals surface area contributed by atoms with Crippen LogP contribution in [0.4, 0.5) is 0 Å². The van der Waals surface area contributed by atoms with Crippen LogP contribution in [-0.2, 0) is 9.53 Å². The van der Waals surface area contributed by atoms with Crippen molar-refractivity contribution < 1.29 is 9.53 Å². The van der Waals surface area contributed by atoms with Crippen LogP contribution in [0.5, 0.6) is 0 Å². The lowest BCUT2D eigenvalue weighted by molar-refractivity contribution is -0.148. The van der Waals surface area contributed by atoms with E-state index in [1.807, 2.05) is 14.0 Å². The lowest BCUT2D eigenvalue weighted by atomic mass is 9.87. The summed E-state index contributed by atoms with van der Waals surface area (Å²) in [5, 5.41) is 0. The Morgan fingerprint density at radius 3 is 2.77 bits per heavy atom. The van der Waals surface area contributed by atoms with Crippen LogP contribution < -0.4 is 5.73 Å². The quantitative estimate of drug-likeness (QED) is 0.577. The Hall–Kier alpha value is -0.610. The van der Waals surface area contributed by atoms with Crippen LogP contribution in [0.3, 0.4) is 0 Å². The molecule has 0 aromatic heterocycles. The number of hydrogen-bond donors (Lipinski definition) is 1. The standard InChI is InChI=1S/C9H18N2O2/c1-6-8(10)7(9(12)13-3)4-5-11(6)2/h6-8H,4-5,10H2,1-3H3. The van der Waals surface area contributed by atoms with Crippen LogP contribution in [0.2, 0.25) is 0 Å². The molecule has 1 aliphatic heterocycles. The first-order valence-corrected chi connectivity index (χ1v) is 4.61. The number of likely N-dealkylation sites (N-methyl/N-ethyl adjacent to an activating group) is 1. The van der Waals surface area contributed by atoms with Gasteiger partial charge < -0.3 is 15.4 Å². The number of nitrogens with two attached hydrogens (primary N) is 1. The highest BCUT2D eigenvalue weighted by atomic mass is 16.5. The molecule has 1 saturated heterocycles. The molecule has 4 nitrogen and oxygen atoms in total. The van der Waals surface area contributed by atoms with Gasteiger partial charge in [0, 0.05) is 12.1 Å². The Morgan fingerprint density at radius 2 is 2.23 bits per heavy atom. The molecule has 0 aromatic carbocycles. The van der Waals surface area contributed by atoms with Gasteiger partial charge in [-0.3, -0.25) is 4.79 Å². The normalized spacial score (nSPS) is 35.8. The maximum Gasteiger partial charge on any atom is 0.310 e. The van der Waals surface area contributed by atoms with Crippen molar-refractivity contribution in [1.82, 2.24) is 4.90 Å². The fraction of sp³-hybridized carbons (Fsp3) is 0.889. The topological polar surface area (TPSA) is 55.6 Å². The van der Waals surface area contributed by atoms with Crippen LogP contribution in [0, 0.1) is 5.92 Å². The average molecular weight is 186 g/mol. The van der Waals surface area contributed by atoms with Crippen LogP contribution in [0.15, 0.2) is 0 Å². The molecule has 1 heterocycles. The van der Waals surface area contributed by atoms with Crippen LogP contribution in [-0.4, -0.2) is 43.7 Å². The molecule has 1 fully saturated rings. The zero-order valence-electron chi connectivity index (χ0n) is 8.49. The molecule has 0 bridgehead atoms. The predicted molar refractivity (Wildman–Crippen MR) is 50.2 cm³/mol. The van der Waals surface area contributed by atoms with Gasteiger partial charge in [-0.2, -0.15) is 0 Å². The number of carbonyl (C=O) groups is 1. The van der Waals surface area contributed by atoms with Gasteiger partial charge in [-0.1, -0.05) is 0 Å². The number of piperidine rings is 1. The summed E-state index contributed by atoms with van der Waals surface area (Å²) in [6.45, 7) is 2.95. The van der Waals surface area contributed by atoms with Gasteiger partial charge >= 0.3 is 5.97 Å². The maximum absolute atomic E-state index is 11.3. The molecular formula is C9H18N2O2. The van der Waals surface area contributed by atoms with Crippen molar-refractivity contribution in [3.05, 3.63) is 0 Å². The van der Waals surface area contributed by atoms with Gasteiger partial charge in [0.25, 0.3) is 0 Å². The summed E-state index contributed by atoms with van der Waals surface area (Å²) < 4.78 is 4.71. The van der Waals surface area contributed by atoms with Crippen molar-refractivity contribution in [2.45, 2.75) is 25.4 Å². The van der Waals surface area contributed by atoms with E-state index in [4.69, 9.17) is 10.5 Å². The van der Waals surface area contributed by atoms with Gasteiger partial charge in [0.1, 0.15) is 0 Å². The number of esters is 1. The van der Waals surface area contributed by atoms with Crippen molar-refractivity contribution in [3.8, 4) is 0 Å². The minimum Gasteiger partial charge on any atom is -0.469 e. The highest BCUT2D eigenvalue weighted by Crippen LogP contribution is 2.21. The summed E-state index contributed by atoms with van der Waals surface area (Å²) in [4.78, 5) is 13.5. The summed E-state index contributed by atoms with van der Waals surface area (Å²) in [5.74, 6) is -0.302. The second-order valence-corrected chi connectivity index (χ2v) is 3.72. The summed E-state index contributed by atoms with van der Waals surface area (Å²) in [5.41, 5.74) is 5.95. The molecule has 2 N–H and O–H groups in total. The number of likely N-dealkylation sites (tertiary alicyclic amines) is 1. The Kier molecular flexibility index (Phi) is 3.27. The van der Waals surface area contributed by atoms with E-state index in [9.17, 15) is 4.79 Å². The smallest absolute Gasteiger partial charge is 0.310 e. The van der Waals surface area contributed by atoms with E-state index in [0.29, 0.717) is 0 Å². The molecule has 0 spiro atoms. The SMILES string of the molecule is COC(=O)C1CCN(C)C(C)C1N. The molecule has 0 amide bonds. The molecule has 1 rings (SSSR count). The Morgan fingerprint density at radius 1 is 1.62 bits per heavy atom. The van der Waals surface area contributed by atoms with Crippen LogP contribution in [0.1, 0.15) is 13.3 Å². The molecule has 76 valence electrons. The van der Waals surface area contributed by atoms with Crippen molar-refractivity contribution in [3.63, 3.8) is 0 Å². The molecule has 0 radical (unpaired) electrons. The Labute approximate surface area is 79.0 Å². The molecule has 0 aliphatic carbocycles. The highest BCUT2D eigenvalue weighted by Gasteiger charge is 2.35. The molecule has 13 heavy (non-hydrogen) atoms. The van der Waals surface area contributed by atoms with Gasteiger partial charge in [-0.25, -0.2) is 0 Å². The van der Waals surface area contributed by atoms with Crippen molar-refractivity contribution in [2.75, 3.05) is 20.7 Å². The first-order chi connectivity index (χ1) is 6.07. The van der Waals surface area contributed by atoms with Crippen molar-refractivity contribution in [1.29, 1.82) is 0 Å². The highest BCUT2D eigenvalue weighted by molar-refractivity contribution is 5.73. The van der Waals surface area contributed by atoms with Gasteiger partial charge in [-0.05, 0) is 26.9 Å². The van der Waals surface area contributed by atoms with Crippen molar-refractivity contribution in [2.24, 2.45) is 11.7 Å². The second-order valence-electron chi connectivity index (χ2n) is 3.72. The van der Waals surface area contributed by atoms with E-state index in [1.165, 1.54) is 7.11 Å². The van der Waals surface area contributed by atoms with E-state index < -0.39 is 0 Å². The first kappa shape index (κ1) is 10.5. The van der Waals surface area contributed by atoms with Crippen molar-refractivity contribution >= 4 is 5.97 Å². The fourth-order valence-electron chi connectivity index (χ4n) is 1.80. The molecule has 3 unspecified atom stereocenters. The Balaban J connectivity index is 2.63. The third kappa shape index (κ3) is 2.00. The lowest BCUT2D eigenvalue weighted by Crippen LogP contribution is -2.55. The third-order valence-corrected chi connectivity index (χ3v) is 3.01. The van der Waals surface area contributed by atoms with Gasteiger partial charge in [0.15, 0.2) is 0 Å². The van der Waals surface area contributed by atoms with Gasteiger partial charge in [0.05, 0.1) is 13.0 Å². The van der Waals surface area contributed by atoms with Crippen LogP contribution >= 0.6 is 0 Å². The second kappa shape index (κ2) is 4.07. The van der Waals surface area contributed by atoms with Gasteiger partial charge in [-0.15, -0.1) is 0 Å². The van der Waals surface area contributed by atoms with E-state index in [-0.39, 0.29) is 24.0 Å². The number of hydrogen-bond acceptors (Lipinski definition) is 4. The zero-order chi connectivity index (χ0) is 10.0. The number of methoxy groups -OCH3 is 1. The number of ether oxygens (including phenoxy) is 1. The van der Waals surface area contributed by atoms with E-state index >= 15 is 0 Å². The summed E-state index contributed by atoms with van der Waals surface area (Å²) >= 11 is 0. The summed E-state index contributed by atoms with van der Waals surface area (Å²) in [7, 11) is 3.44. The molecule has 0 saturated carbocycles. The number of rotatable bonds is 1. The minimum atomic E-state index is -0.174. The maximum atomic E-state index is 11.3. The largest absolute Gasteiger partial charge is 0.469 e. The van der Waals surface area contributed by atoms with Crippen LogP contribution in [0.25, 0.3) is 0 Å². The molecule has 4 heteroatoms. The minimum absolute atomic E-state index is 0.105. The molecule has 1 aliphatic rings.